The van der Waals surface area contributed by atoms with Gasteiger partial charge in [-0.2, -0.15) is 0 Å². The SMILES string of the molecule is Cc1c(C)c(C)c(S(=O)(=O)Nc2ccc(N3CCCS3(=O)=O)cc2)c(C)c1C. The van der Waals surface area contributed by atoms with Gasteiger partial charge in [-0.25, -0.2) is 16.8 Å². The monoisotopic (exact) mass is 422 g/mol. The van der Waals surface area contributed by atoms with Crippen LogP contribution in [0.15, 0.2) is 29.2 Å². The second-order valence-electron chi connectivity index (χ2n) is 7.35. The molecule has 8 heteroatoms. The molecule has 0 spiro atoms. The molecule has 1 saturated heterocycles. The van der Waals surface area contributed by atoms with Crippen LogP contribution < -0.4 is 9.03 Å². The van der Waals surface area contributed by atoms with E-state index in [9.17, 15) is 16.8 Å². The Balaban J connectivity index is 1.94. The number of benzene rings is 2. The van der Waals surface area contributed by atoms with Crippen LogP contribution >= 0.6 is 0 Å². The average Bonchev–Trinajstić information content (AvgIpc) is 2.97. The van der Waals surface area contributed by atoms with Gasteiger partial charge in [0.05, 0.1) is 16.3 Å². The summed E-state index contributed by atoms with van der Waals surface area (Å²) in [4.78, 5) is 0.305. The Kier molecular flexibility index (Phi) is 5.22. The fraction of sp³-hybridized carbons (Fsp3) is 0.400. The van der Waals surface area contributed by atoms with Gasteiger partial charge in [-0.05, 0) is 93.1 Å². The summed E-state index contributed by atoms with van der Waals surface area (Å²) in [7, 11) is -7.03. The molecule has 0 radical (unpaired) electrons. The van der Waals surface area contributed by atoms with Crippen molar-refractivity contribution in [1.29, 1.82) is 0 Å². The van der Waals surface area contributed by atoms with Crippen LogP contribution in [0.1, 0.15) is 34.2 Å². The lowest BCUT2D eigenvalue weighted by atomic mass is 9.95. The second-order valence-corrected chi connectivity index (χ2v) is 11.0. The molecule has 0 amide bonds. The summed E-state index contributed by atoms with van der Waals surface area (Å²) in [5, 5.41) is 0. The number of hydrogen-bond donors (Lipinski definition) is 1. The van der Waals surface area contributed by atoms with Crippen LogP contribution in [0.25, 0.3) is 0 Å². The lowest BCUT2D eigenvalue weighted by molar-refractivity contribution is 0.597. The number of rotatable bonds is 4. The average molecular weight is 423 g/mol. The normalized spacial score (nSPS) is 16.4. The lowest BCUT2D eigenvalue weighted by Crippen LogP contribution is -2.25. The summed E-state index contributed by atoms with van der Waals surface area (Å²) < 4.78 is 54.3. The van der Waals surface area contributed by atoms with Gasteiger partial charge in [0.25, 0.3) is 10.0 Å². The largest absolute Gasteiger partial charge is 0.280 e. The minimum Gasteiger partial charge on any atom is -0.280 e. The maximum Gasteiger partial charge on any atom is 0.262 e. The molecule has 0 unspecified atom stereocenters. The first kappa shape index (κ1) is 20.7. The van der Waals surface area contributed by atoms with Crippen LogP contribution in [0, 0.1) is 34.6 Å². The Morgan fingerprint density at radius 2 is 1.36 bits per heavy atom. The molecule has 2 aromatic rings. The van der Waals surface area contributed by atoms with E-state index >= 15 is 0 Å². The van der Waals surface area contributed by atoms with Crippen molar-refractivity contribution in [3.63, 3.8) is 0 Å². The number of nitrogens with zero attached hydrogens (tertiary/aromatic N) is 1. The predicted octanol–water partition coefficient (Wildman–Crippen LogP) is 3.57. The zero-order valence-electron chi connectivity index (χ0n) is 16.8. The first-order valence-corrected chi connectivity index (χ1v) is 12.2. The van der Waals surface area contributed by atoms with E-state index in [1.807, 2.05) is 34.6 Å². The van der Waals surface area contributed by atoms with Crippen LogP contribution in [0.4, 0.5) is 11.4 Å². The molecule has 0 aliphatic carbocycles. The predicted molar refractivity (Wildman–Crippen MR) is 113 cm³/mol. The highest BCUT2D eigenvalue weighted by molar-refractivity contribution is 7.93. The van der Waals surface area contributed by atoms with Crippen molar-refractivity contribution in [3.05, 3.63) is 52.1 Å². The van der Waals surface area contributed by atoms with E-state index < -0.39 is 20.0 Å². The van der Waals surface area contributed by atoms with E-state index in [1.165, 1.54) is 4.31 Å². The standard InChI is InChI=1S/C20H26N2O4S2/c1-13-14(2)16(4)20(17(5)15(13)3)28(25,26)21-18-7-9-19(10-8-18)22-11-6-12-27(22,23)24/h7-10,21H,6,11-12H2,1-5H3. The summed E-state index contributed by atoms with van der Waals surface area (Å²) in [6, 6.07) is 6.46. The molecule has 1 aliphatic heterocycles. The molecule has 6 nitrogen and oxygen atoms in total. The molecular weight excluding hydrogens is 396 g/mol. The highest BCUT2D eigenvalue weighted by atomic mass is 32.2. The molecule has 0 aromatic heterocycles. The van der Waals surface area contributed by atoms with Crippen molar-refractivity contribution in [2.75, 3.05) is 21.3 Å². The van der Waals surface area contributed by atoms with E-state index in [4.69, 9.17) is 0 Å². The van der Waals surface area contributed by atoms with Crippen LogP contribution in [0.3, 0.4) is 0 Å². The molecular formula is C20H26N2O4S2. The summed E-state index contributed by atoms with van der Waals surface area (Å²) in [5.74, 6) is 0.145. The van der Waals surface area contributed by atoms with Crippen molar-refractivity contribution >= 4 is 31.4 Å². The molecule has 28 heavy (non-hydrogen) atoms. The molecule has 1 heterocycles. The van der Waals surface area contributed by atoms with Crippen molar-refractivity contribution in [2.24, 2.45) is 0 Å². The maximum absolute atomic E-state index is 13.1. The lowest BCUT2D eigenvalue weighted by Gasteiger charge is -2.20. The van der Waals surface area contributed by atoms with Gasteiger partial charge >= 0.3 is 0 Å². The van der Waals surface area contributed by atoms with Gasteiger partial charge in [0.15, 0.2) is 0 Å². The van der Waals surface area contributed by atoms with Crippen LogP contribution in [-0.2, 0) is 20.0 Å². The van der Waals surface area contributed by atoms with Gasteiger partial charge in [0.1, 0.15) is 0 Å². The van der Waals surface area contributed by atoms with Gasteiger partial charge in [-0.15, -0.1) is 0 Å². The van der Waals surface area contributed by atoms with Gasteiger partial charge < -0.3 is 0 Å². The molecule has 0 bridgehead atoms. The smallest absolute Gasteiger partial charge is 0.262 e. The Bertz CT molecular complexity index is 1110. The Labute approximate surface area is 167 Å². The fourth-order valence-electron chi connectivity index (χ4n) is 3.70. The van der Waals surface area contributed by atoms with Gasteiger partial charge in [0, 0.05) is 12.2 Å². The highest BCUT2D eigenvalue weighted by Crippen LogP contribution is 2.31. The first-order chi connectivity index (χ1) is 13.0. The Morgan fingerprint density at radius 3 is 1.82 bits per heavy atom. The number of sulfonamides is 2. The third-order valence-corrected chi connectivity index (χ3v) is 9.23. The molecule has 2 aromatic carbocycles. The van der Waals surface area contributed by atoms with Crippen molar-refractivity contribution in [2.45, 2.75) is 45.9 Å². The Hall–Kier alpha value is -2.06. The van der Waals surface area contributed by atoms with Gasteiger partial charge in [-0.1, -0.05) is 0 Å². The van der Waals surface area contributed by atoms with E-state index in [2.05, 4.69) is 4.72 Å². The molecule has 152 valence electrons. The van der Waals surface area contributed by atoms with E-state index in [1.54, 1.807) is 24.3 Å². The minimum absolute atomic E-state index is 0.145. The third kappa shape index (κ3) is 3.51. The summed E-state index contributed by atoms with van der Waals surface area (Å²) in [6.07, 6.45) is 0.599. The Morgan fingerprint density at radius 1 is 0.857 bits per heavy atom. The second kappa shape index (κ2) is 7.08. The minimum atomic E-state index is -3.77. The van der Waals surface area contributed by atoms with Gasteiger partial charge in [-0.3, -0.25) is 9.03 Å². The molecule has 1 fully saturated rings. The number of anilines is 2. The molecule has 1 N–H and O–H groups in total. The molecule has 1 aliphatic rings. The third-order valence-electron chi connectivity index (χ3n) is 5.71. The van der Waals surface area contributed by atoms with Crippen molar-refractivity contribution in [1.82, 2.24) is 0 Å². The van der Waals surface area contributed by atoms with Crippen molar-refractivity contribution in [3.8, 4) is 0 Å². The fourth-order valence-corrected chi connectivity index (χ4v) is 6.93. The number of hydrogen-bond acceptors (Lipinski definition) is 4. The van der Waals surface area contributed by atoms with E-state index in [0.717, 1.165) is 27.8 Å². The van der Waals surface area contributed by atoms with E-state index in [0.29, 0.717) is 29.2 Å². The summed E-state index contributed by atoms with van der Waals surface area (Å²) >= 11 is 0. The zero-order valence-corrected chi connectivity index (χ0v) is 18.5. The van der Waals surface area contributed by atoms with Gasteiger partial charge in [0.2, 0.25) is 10.0 Å². The maximum atomic E-state index is 13.1. The number of nitrogens with one attached hydrogen (secondary N) is 1. The highest BCUT2D eigenvalue weighted by Gasteiger charge is 2.28. The van der Waals surface area contributed by atoms with Crippen LogP contribution in [-0.4, -0.2) is 29.1 Å². The van der Waals surface area contributed by atoms with Crippen molar-refractivity contribution < 1.29 is 16.8 Å². The molecule has 0 saturated carbocycles. The topological polar surface area (TPSA) is 83.6 Å². The molecule has 0 atom stereocenters. The summed E-state index contributed by atoms with van der Waals surface area (Å²) in [6.45, 7) is 9.96. The van der Waals surface area contributed by atoms with E-state index in [-0.39, 0.29) is 5.75 Å². The van der Waals surface area contributed by atoms with Crippen LogP contribution in [0.2, 0.25) is 0 Å². The quantitative estimate of drug-likeness (QED) is 0.816. The van der Waals surface area contributed by atoms with Crippen LogP contribution in [0.5, 0.6) is 0 Å². The molecule has 3 rings (SSSR count). The zero-order chi connectivity index (χ0) is 20.9. The first-order valence-electron chi connectivity index (χ1n) is 9.16. The summed E-state index contributed by atoms with van der Waals surface area (Å²) in [5.41, 5.74) is 5.48.